The lowest BCUT2D eigenvalue weighted by atomic mass is 9.74. The first-order valence-electron chi connectivity index (χ1n) is 10.7. The number of carbonyl (C=O) groups excluding carboxylic acids is 2. The number of hydrogen-bond acceptors (Lipinski definition) is 8. The van der Waals surface area contributed by atoms with Gasteiger partial charge in [0.05, 0.1) is 45.9 Å². The maximum atomic E-state index is 13.8. The molecule has 1 aliphatic heterocycles. The molecular weight excluding hydrogens is 424 g/mol. The van der Waals surface area contributed by atoms with E-state index in [0.717, 1.165) is 17.1 Å². The number of fused-ring (bicyclic) bond motifs is 1. The van der Waals surface area contributed by atoms with Gasteiger partial charge in [0, 0.05) is 22.9 Å². The van der Waals surface area contributed by atoms with Gasteiger partial charge in [0.2, 0.25) is 0 Å². The van der Waals surface area contributed by atoms with E-state index >= 15 is 0 Å². The Balaban J connectivity index is 1.94. The van der Waals surface area contributed by atoms with Gasteiger partial charge in [-0.05, 0) is 30.5 Å². The molecule has 0 radical (unpaired) electrons. The zero-order valence-electron chi connectivity index (χ0n) is 19.4. The highest BCUT2D eigenvalue weighted by atomic mass is 16.5. The summed E-state index contributed by atoms with van der Waals surface area (Å²) in [5.74, 6) is -0.359. The highest BCUT2D eigenvalue weighted by Crippen LogP contribution is 2.47. The number of Topliss-reactive ketones (excluding diaryl/α,β-unsaturated/α-hetero) is 1. The molecule has 33 heavy (non-hydrogen) atoms. The average molecular weight is 453 g/mol. The molecule has 2 aromatic rings. The second-order valence-electron chi connectivity index (χ2n) is 8.14. The van der Waals surface area contributed by atoms with Gasteiger partial charge in [-0.25, -0.2) is 0 Å². The van der Waals surface area contributed by atoms with Gasteiger partial charge in [0.15, 0.2) is 17.3 Å². The second kappa shape index (κ2) is 9.05. The Morgan fingerprint density at radius 2 is 1.58 bits per heavy atom. The molecule has 0 saturated heterocycles. The van der Waals surface area contributed by atoms with E-state index in [0.29, 0.717) is 34.8 Å². The second-order valence-corrected chi connectivity index (χ2v) is 8.14. The Morgan fingerprint density at radius 1 is 0.939 bits per heavy atom. The Morgan fingerprint density at radius 3 is 2.21 bits per heavy atom. The van der Waals surface area contributed by atoms with Crippen molar-refractivity contribution in [2.45, 2.75) is 19.4 Å². The Bertz CT molecular complexity index is 1130. The number of allylic oxidation sites excluding steroid dienone is 1. The molecule has 0 spiro atoms. The molecule has 8 heteroatoms. The van der Waals surface area contributed by atoms with Crippen LogP contribution in [0.5, 0.6) is 17.2 Å². The van der Waals surface area contributed by atoms with Gasteiger partial charge < -0.3 is 29.6 Å². The predicted octanol–water partition coefficient (Wildman–Crippen LogP) is 3.94. The van der Waals surface area contributed by atoms with Crippen LogP contribution in [0, 0.1) is 11.8 Å². The van der Waals surface area contributed by atoms with Crippen LogP contribution in [0.1, 0.15) is 24.9 Å². The number of anilines is 2. The average Bonchev–Trinajstić information content (AvgIpc) is 2.99. The van der Waals surface area contributed by atoms with Crippen LogP contribution < -0.4 is 24.8 Å². The van der Waals surface area contributed by atoms with Gasteiger partial charge in [-0.15, -0.1) is 0 Å². The van der Waals surface area contributed by atoms with Gasteiger partial charge in [-0.3, -0.25) is 9.59 Å². The molecule has 1 heterocycles. The minimum atomic E-state index is -0.882. The van der Waals surface area contributed by atoms with Crippen LogP contribution in [0.25, 0.3) is 0 Å². The summed E-state index contributed by atoms with van der Waals surface area (Å²) in [7, 11) is 5.97. The molecule has 0 unspecified atom stereocenters. The van der Waals surface area contributed by atoms with Crippen LogP contribution in [0.3, 0.4) is 0 Å². The molecule has 0 amide bonds. The van der Waals surface area contributed by atoms with E-state index in [1.54, 1.807) is 33.5 Å². The van der Waals surface area contributed by atoms with E-state index in [4.69, 9.17) is 18.9 Å². The lowest BCUT2D eigenvalue weighted by Gasteiger charge is -2.33. The van der Waals surface area contributed by atoms with E-state index in [1.165, 1.54) is 7.11 Å². The van der Waals surface area contributed by atoms with Crippen LogP contribution in [-0.4, -0.2) is 40.2 Å². The summed E-state index contributed by atoms with van der Waals surface area (Å²) in [6.07, 6.45) is 0.517. The third-order valence-electron chi connectivity index (χ3n) is 6.27. The smallest absolute Gasteiger partial charge is 0.316 e. The van der Waals surface area contributed by atoms with Crippen molar-refractivity contribution in [2.24, 2.45) is 11.8 Å². The van der Waals surface area contributed by atoms with E-state index in [-0.39, 0.29) is 11.7 Å². The van der Waals surface area contributed by atoms with Crippen molar-refractivity contribution in [1.82, 2.24) is 0 Å². The summed E-state index contributed by atoms with van der Waals surface area (Å²) in [5, 5.41) is 6.93. The van der Waals surface area contributed by atoms with Gasteiger partial charge in [-0.2, -0.15) is 0 Å². The summed E-state index contributed by atoms with van der Waals surface area (Å²) >= 11 is 0. The number of rotatable bonds is 5. The van der Waals surface area contributed by atoms with Crippen LogP contribution in [0.4, 0.5) is 11.4 Å². The van der Waals surface area contributed by atoms with Crippen molar-refractivity contribution in [3.63, 3.8) is 0 Å². The van der Waals surface area contributed by atoms with Crippen molar-refractivity contribution < 1.29 is 28.5 Å². The Labute approximate surface area is 192 Å². The van der Waals surface area contributed by atoms with E-state index in [1.807, 2.05) is 31.2 Å². The molecule has 1 aliphatic carbocycles. The topological polar surface area (TPSA) is 95.1 Å². The zero-order valence-corrected chi connectivity index (χ0v) is 19.4. The SMILES string of the molecule is COC(=O)[C@@H]1C(=O)C2=C(C[C@H]1C)Nc1ccccc1N[C@@H]2c1cc(OC)c(OC)cc1OC. The fourth-order valence-corrected chi connectivity index (χ4v) is 4.65. The minimum Gasteiger partial charge on any atom is -0.496 e. The molecule has 4 rings (SSSR count). The standard InChI is InChI=1S/C25H28N2O6/c1-13-10-17-22(24(28)21(13)25(29)33-5)23(27-16-9-7-6-8-15(16)26-17)14-11-19(31-3)20(32-4)12-18(14)30-2/h6-9,11-13,21,23,26-27H,10H2,1-5H3/t13-,21+,23-/m1/s1. The molecule has 0 aromatic heterocycles. The molecule has 0 bridgehead atoms. The number of nitrogens with one attached hydrogen (secondary N) is 2. The third kappa shape index (κ3) is 3.86. The number of carbonyl (C=O) groups is 2. The monoisotopic (exact) mass is 452 g/mol. The van der Waals surface area contributed by atoms with E-state index in [9.17, 15) is 9.59 Å². The summed E-state index contributed by atoms with van der Waals surface area (Å²) in [6.45, 7) is 1.89. The molecule has 2 N–H and O–H groups in total. The lowest BCUT2D eigenvalue weighted by molar-refractivity contribution is -0.151. The highest BCUT2D eigenvalue weighted by Gasteiger charge is 2.45. The lowest BCUT2D eigenvalue weighted by Crippen LogP contribution is -2.39. The van der Waals surface area contributed by atoms with Gasteiger partial charge in [0.25, 0.3) is 0 Å². The largest absolute Gasteiger partial charge is 0.496 e. The fraction of sp³-hybridized carbons (Fsp3) is 0.360. The summed E-state index contributed by atoms with van der Waals surface area (Å²) in [6, 6.07) is 10.7. The number of esters is 1. The normalized spacial score (nSPS) is 21.6. The fourth-order valence-electron chi connectivity index (χ4n) is 4.65. The molecule has 3 atom stereocenters. The van der Waals surface area contributed by atoms with Crippen LogP contribution in [0.2, 0.25) is 0 Å². The van der Waals surface area contributed by atoms with E-state index in [2.05, 4.69) is 10.6 Å². The zero-order chi connectivity index (χ0) is 23.7. The molecule has 8 nitrogen and oxygen atoms in total. The molecule has 2 aliphatic rings. The first-order chi connectivity index (χ1) is 15.9. The maximum absolute atomic E-state index is 13.8. The Kier molecular flexibility index (Phi) is 6.18. The quantitative estimate of drug-likeness (QED) is 0.520. The number of ether oxygens (including phenoxy) is 4. The van der Waals surface area contributed by atoms with Crippen LogP contribution in [0.15, 0.2) is 47.7 Å². The third-order valence-corrected chi connectivity index (χ3v) is 6.27. The summed E-state index contributed by atoms with van der Waals surface area (Å²) in [4.78, 5) is 26.3. The van der Waals surface area contributed by atoms with Crippen molar-refractivity contribution >= 4 is 23.1 Å². The number of methoxy groups -OCH3 is 4. The Hall–Kier alpha value is -3.68. The predicted molar refractivity (Wildman–Crippen MR) is 124 cm³/mol. The minimum absolute atomic E-state index is 0.214. The van der Waals surface area contributed by atoms with Crippen LogP contribution >= 0.6 is 0 Å². The van der Waals surface area contributed by atoms with Crippen LogP contribution in [-0.2, 0) is 14.3 Å². The van der Waals surface area contributed by atoms with Gasteiger partial charge >= 0.3 is 5.97 Å². The van der Waals surface area contributed by atoms with E-state index < -0.39 is 17.9 Å². The first-order valence-corrected chi connectivity index (χ1v) is 10.7. The molecule has 2 aromatic carbocycles. The highest BCUT2D eigenvalue weighted by molar-refractivity contribution is 6.11. The summed E-state index contributed by atoms with van der Waals surface area (Å²) < 4.78 is 21.6. The number of ketones is 1. The molecule has 174 valence electrons. The molecular formula is C25H28N2O6. The maximum Gasteiger partial charge on any atom is 0.316 e. The molecule has 0 saturated carbocycles. The molecule has 0 fully saturated rings. The van der Waals surface area contributed by atoms with Gasteiger partial charge in [-0.1, -0.05) is 19.1 Å². The van der Waals surface area contributed by atoms with Crippen molar-refractivity contribution in [3.8, 4) is 17.2 Å². The van der Waals surface area contributed by atoms with Gasteiger partial charge in [0.1, 0.15) is 11.7 Å². The van der Waals surface area contributed by atoms with Crippen molar-refractivity contribution in [3.05, 3.63) is 53.2 Å². The van der Waals surface area contributed by atoms with Crippen molar-refractivity contribution in [2.75, 3.05) is 39.1 Å². The first kappa shape index (κ1) is 22.5. The number of hydrogen-bond donors (Lipinski definition) is 2. The number of benzene rings is 2. The van der Waals surface area contributed by atoms with Crippen molar-refractivity contribution in [1.29, 1.82) is 0 Å². The number of para-hydroxylation sites is 2. The summed E-state index contributed by atoms with van der Waals surface area (Å²) in [5.41, 5.74) is 3.61.